The SMILES string of the molecule is C[C@@H]1CC2(C[C@H](C)C13CCC(=O)C3)OCCO2. The normalized spacial score (nSPS) is 44.9. The summed E-state index contributed by atoms with van der Waals surface area (Å²) in [6.07, 6.45) is 4.56. The molecule has 0 radical (unpaired) electrons. The van der Waals surface area contributed by atoms with Crippen LogP contribution in [-0.4, -0.2) is 24.8 Å². The summed E-state index contributed by atoms with van der Waals surface area (Å²) in [5, 5.41) is 0. The average molecular weight is 238 g/mol. The zero-order valence-corrected chi connectivity index (χ0v) is 10.8. The van der Waals surface area contributed by atoms with E-state index >= 15 is 0 Å². The second-order valence-electron chi connectivity index (χ2n) is 6.27. The molecule has 3 rings (SSSR count). The third-order valence-corrected chi connectivity index (χ3v) is 5.41. The Morgan fingerprint density at radius 1 is 1.12 bits per heavy atom. The van der Waals surface area contributed by atoms with E-state index < -0.39 is 0 Å². The van der Waals surface area contributed by atoms with Gasteiger partial charge in [-0.05, 0) is 23.7 Å². The summed E-state index contributed by atoms with van der Waals surface area (Å²) in [6.45, 7) is 6.01. The van der Waals surface area contributed by atoms with E-state index in [0.717, 1.165) is 45.3 Å². The maximum absolute atomic E-state index is 11.7. The van der Waals surface area contributed by atoms with Gasteiger partial charge in [-0.2, -0.15) is 0 Å². The van der Waals surface area contributed by atoms with Crippen LogP contribution in [0.2, 0.25) is 0 Å². The molecule has 3 fully saturated rings. The fraction of sp³-hybridized carbons (Fsp3) is 0.929. The van der Waals surface area contributed by atoms with Gasteiger partial charge in [0.25, 0.3) is 0 Å². The summed E-state index contributed by atoms with van der Waals surface area (Å²) in [5.41, 5.74) is 0.234. The zero-order valence-electron chi connectivity index (χ0n) is 10.8. The molecule has 3 atom stereocenters. The van der Waals surface area contributed by atoms with Gasteiger partial charge < -0.3 is 9.47 Å². The molecule has 2 saturated carbocycles. The first kappa shape index (κ1) is 11.7. The lowest BCUT2D eigenvalue weighted by Crippen LogP contribution is -2.49. The summed E-state index contributed by atoms with van der Waals surface area (Å²) >= 11 is 0. The van der Waals surface area contributed by atoms with Crippen LogP contribution in [0.4, 0.5) is 0 Å². The van der Waals surface area contributed by atoms with E-state index in [-0.39, 0.29) is 11.2 Å². The predicted molar refractivity (Wildman–Crippen MR) is 63.5 cm³/mol. The summed E-state index contributed by atoms with van der Waals surface area (Å²) < 4.78 is 11.7. The van der Waals surface area contributed by atoms with Crippen LogP contribution < -0.4 is 0 Å². The maximum Gasteiger partial charge on any atom is 0.169 e. The van der Waals surface area contributed by atoms with Gasteiger partial charge in [0.1, 0.15) is 5.78 Å². The fourth-order valence-corrected chi connectivity index (χ4v) is 4.40. The smallest absolute Gasteiger partial charge is 0.169 e. The Morgan fingerprint density at radius 3 is 2.18 bits per heavy atom. The quantitative estimate of drug-likeness (QED) is 0.650. The molecule has 0 aromatic carbocycles. The summed E-state index contributed by atoms with van der Waals surface area (Å²) in [6, 6.07) is 0. The molecule has 2 aliphatic carbocycles. The van der Waals surface area contributed by atoms with Crippen molar-refractivity contribution in [2.45, 2.75) is 51.7 Å². The van der Waals surface area contributed by atoms with Gasteiger partial charge in [0, 0.05) is 25.7 Å². The Morgan fingerprint density at radius 2 is 1.71 bits per heavy atom. The minimum atomic E-state index is -0.324. The maximum atomic E-state index is 11.7. The van der Waals surface area contributed by atoms with Gasteiger partial charge in [0.15, 0.2) is 5.79 Å². The van der Waals surface area contributed by atoms with Gasteiger partial charge in [-0.1, -0.05) is 13.8 Å². The van der Waals surface area contributed by atoms with E-state index in [9.17, 15) is 4.79 Å². The molecule has 0 aromatic heterocycles. The molecule has 0 amide bonds. The van der Waals surface area contributed by atoms with Crippen molar-refractivity contribution in [1.29, 1.82) is 0 Å². The molecule has 17 heavy (non-hydrogen) atoms. The highest BCUT2D eigenvalue weighted by Gasteiger charge is 2.56. The molecule has 3 nitrogen and oxygen atoms in total. The van der Waals surface area contributed by atoms with Gasteiger partial charge in [0.05, 0.1) is 13.2 Å². The molecule has 0 aromatic rings. The lowest BCUT2D eigenvalue weighted by atomic mass is 9.58. The van der Waals surface area contributed by atoms with Gasteiger partial charge in [-0.3, -0.25) is 4.79 Å². The van der Waals surface area contributed by atoms with Gasteiger partial charge in [-0.15, -0.1) is 0 Å². The second kappa shape index (κ2) is 3.79. The molecule has 1 heterocycles. The van der Waals surface area contributed by atoms with Gasteiger partial charge in [-0.25, -0.2) is 0 Å². The van der Waals surface area contributed by atoms with E-state index in [1.54, 1.807) is 0 Å². The number of ether oxygens (including phenoxy) is 2. The lowest BCUT2D eigenvalue weighted by molar-refractivity contribution is -0.220. The zero-order chi connectivity index (χ0) is 12.1. The number of rotatable bonds is 0. The molecular weight excluding hydrogens is 216 g/mol. The lowest BCUT2D eigenvalue weighted by Gasteiger charge is -2.50. The molecule has 3 heteroatoms. The molecule has 2 spiro atoms. The third kappa shape index (κ3) is 1.66. The van der Waals surface area contributed by atoms with Crippen LogP contribution in [0.3, 0.4) is 0 Å². The first-order chi connectivity index (χ1) is 8.06. The van der Waals surface area contributed by atoms with Crippen molar-refractivity contribution in [3.8, 4) is 0 Å². The topological polar surface area (TPSA) is 35.5 Å². The standard InChI is InChI=1S/C14H22O3/c1-10-7-14(16-5-6-17-14)8-11(2)13(10)4-3-12(15)9-13/h10-11H,3-9H2,1-2H3/t10-,11+,13?. The van der Waals surface area contributed by atoms with E-state index in [0.29, 0.717) is 17.6 Å². The number of hydrogen-bond donors (Lipinski definition) is 0. The Labute approximate surface area is 103 Å². The monoisotopic (exact) mass is 238 g/mol. The highest BCUT2D eigenvalue weighted by Crippen LogP contribution is 2.58. The van der Waals surface area contributed by atoms with Crippen molar-refractivity contribution in [3.63, 3.8) is 0 Å². The number of carbonyl (C=O) groups is 1. The molecule has 0 N–H and O–H groups in total. The van der Waals surface area contributed by atoms with Crippen molar-refractivity contribution in [3.05, 3.63) is 0 Å². The first-order valence-corrected chi connectivity index (χ1v) is 6.86. The number of carbonyl (C=O) groups excluding carboxylic acids is 1. The Bertz CT molecular complexity index is 316. The number of ketones is 1. The van der Waals surface area contributed by atoms with Crippen LogP contribution in [0.15, 0.2) is 0 Å². The summed E-state index contributed by atoms with van der Waals surface area (Å²) in [7, 11) is 0. The first-order valence-electron chi connectivity index (χ1n) is 6.86. The van der Waals surface area contributed by atoms with Crippen molar-refractivity contribution in [2.24, 2.45) is 17.3 Å². The minimum Gasteiger partial charge on any atom is -0.348 e. The van der Waals surface area contributed by atoms with E-state index in [1.165, 1.54) is 0 Å². The molecule has 1 saturated heterocycles. The van der Waals surface area contributed by atoms with Gasteiger partial charge >= 0.3 is 0 Å². The van der Waals surface area contributed by atoms with Crippen LogP contribution in [-0.2, 0) is 14.3 Å². The van der Waals surface area contributed by atoms with Crippen LogP contribution in [0.25, 0.3) is 0 Å². The predicted octanol–water partition coefficient (Wildman–Crippen LogP) is 2.53. The van der Waals surface area contributed by atoms with E-state index in [2.05, 4.69) is 13.8 Å². The molecule has 3 aliphatic rings. The largest absolute Gasteiger partial charge is 0.348 e. The Kier molecular flexibility index (Phi) is 2.60. The minimum absolute atomic E-state index is 0.234. The van der Waals surface area contributed by atoms with Crippen molar-refractivity contribution >= 4 is 5.78 Å². The van der Waals surface area contributed by atoms with Crippen molar-refractivity contribution in [2.75, 3.05) is 13.2 Å². The second-order valence-corrected chi connectivity index (χ2v) is 6.27. The molecule has 1 aliphatic heterocycles. The molecule has 1 unspecified atom stereocenters. The highest BCUT2D eigenvalue weighted by atomic mass is 16.7. The molecule has 96 valence electrons. The van der Waals surface area contributed by atoms with Crippen LogP contribution in [0.1, 0.15) is 46.0 Å². The summed E-state index contributed by atoms with van der Waals surface area (Å²) in [5.74, 6) is 1.18. The summed E-state index contributed by atoms with van der Waals surface area (Å²) in [4.78, 5) is 11.7. The van der Waals surface area contributed by atoms with E-state index in [4.69, 9.17) is 9.47 Å². The molecular formula is C14H22O3. The fourth-order valence-electron chi connectivity index (χ4n) is 4.40. The highest BCUT2D eigenvalue weighted by molar-refractivity contribution is 5.81. The number of Topliss-reactive ketones (excluding diaryl/α,β-unsaturated/α-hetero) is 1. The van der Waals surface area contributed by atoms with Crippen molar-refractivity contribution < 1.29 is 14.3 Å². The van der Waals surface area contributed by atoms with Crippen LogP contribution >= 0.6 is 0 Å². The third-order valence-electron chi connectivity index (χ3n) is 5.41. The van der Waals surface area contributed by atoms with Crippen LogP contribution in [0.5, 0.6) is 0 Å². The Hall–Kier alpha value is -0.410. The van der Waals surface area contributed by atoms with E-state index in [1.807, 2.05) is 0 Å². The van der Waals surface area contributed by atoms with Crippen LogP contribution in [0, 0.1) is 17.3 Å². The molecule has 0 bridgehead atoms. The average Bonchev–Trinajstić information content (AvgIpc) is 2.85. The number of hydrogen-bond acceptors (Lipinski definition) is 3. The van der Waals surface area contributed by atoms with Crippen molar-refractivity contribution in [1.82, 2.24) is 0 Å². The van der Waals surface area contributed by atoms with Gasteiger partial charge in [0.2, 0.25) is 0 Å². The Balaban J connectivity index is 1.83.